The van der Waals surface area contributed by atoms with E-state index in [2.05, 4.69) is 10.3 Å². The van der Waals surface area contributed by atoms with Gasteiger partial charge in [0.1, 0.15) is 5.15 Å². The standard InChI is InChI=1S/C12H18ClN3O2/c13-11-10(7-9(14)8-16-11)12(18)15-5-3-1-2-4-6-17/h7-8,17H,1-6,14H2,(H,15,18). The van der Waals surface area contributed by atoms with Gasteiger partial charge < -0.3 is 16.2 Å². The van der Waals surface area contributed by atoms with Crippen molar-refractivity contribution in [3.8, 4) is 0 Å². The van der Waals surface area contributed by atoms with E-state index < -0.39 is 0 Å². The van der Waals surface area contributed by atoms with Crippen molar-refractivity contribution in [3.63, 3.8) is 0 Å². The lowest BCUT2D eigenvalue weighted by Crippen LogP contribution is -2.25. The fourth-order valence-corrected chi connectivity index (χ4v) is 1.70. The SMILES string of the molecule is Nc1cnc(Cl)c(C(=O)NCCCCCCO)c1. The zero-order chi connectivity index (χ0) is 13.4. The van der Waals surface area contributed by atoms with Gasteiger partial charge in [0.2, 0.25) is 0 Å². The summed E-state index contributed by atoms with van der Waals surface area (Å²) in [6, 6.07) is 1.51. The van der Waals surface area contributed by atoms with E-state index in [0.29, 0.717) is 17.8 Å². The van der Waals surface area contributed by atoms with Crippen molar-refractivity contribution in [3.05, 3.63) is 23.0 Å². The summed E-state index contributed by atoms with van der Waals surface area (Å²) in [4.78, 5) is 15.6. The molecule has 0 aliphatic carbocycles. The lowest BCUT2D eigenvalue weighted by molar-refractivity contribution is 0.0952. The highest BCUT2D eigenvalue weighted by Gasteiger charge is 2.10. The Morgan fingerprint density at radius 3 is 2.83 bits per heavy atom. The number of aliphatic hydroxyl groups excluding tert-OH is 1. The van der Waals surface area contributed by atoms with E-state index in [0.717, 1.165) is 25.7 Å². The number of nitrogens with zero attached hydrogens (tertiary/aromatic N) is 1. The van der Waals surface area contributed by atoms with Crippen molar-refractivity contribution in [2.24, 2.45) is 0 Å². The number of nitrogens with two attached hydrogens (primary N) is 1. The maximum Gasteiger partial charge on any atom is 0.254 e. The first-order chi connectivity index (χ1) is 8.65. The van der Waals surface area contributed by atoms with Gasteiger partial charge in [0.15, 0.2) is 0 Å². The molecule has 0 unspecified atom stereocenters. The first-order valence-corrected chi connectivity index (χ1v) is 6.33. The highest BCUT2D eigenvalue weighted by Crippen LogP contribution is 2.15. The van der Waals surface area contributed by atoms with Crippen molar-refractivity contribution < 1.29 is 9.90 Å². The molecule has 1 aromatic rings. The number of nitrogen functional groups attached to an aromatic ring is 1. The minimum atomic E-state index is -0.262. The van der Waals surface area contributed by atoms with Gasteiger partial charge in [0.25, 0.3) is 5.91 Å². The molecule has 0 aliphatic rings. The molecule has 100 valence electrons. The second-order valence-electron chi connectivity index (χ2n) is 4.00. The molecule has 4 N–H and O–H groups in total. The summed E-state index contributed by atoms with van der Waals surface area (Å²) in [6.07, 6.45) is 5.03. The van der Waals surface area contributed by atoms with Crippen LogP contribution in [0.4, 0.5) is 5.69 Å². The van der Waals surface area contributed by atoms with Crippen LogP contribution < -0.4 is 11.1 Å². The van der Waals surface area contributed by atoms with E-state index in [1.807, 2.05) is 0 Å². The maximum absolute atomic E-state index is 11.8. The molecule has 1 heterocycles. The average Bonchev–Trinajstić information content (AvgIpc) is 2.36. The van der Waals surface area contributed by atoms with Crippen LogP contribution in [0.2, 0.25) is 5.15 Å². The van der Waals surface area contributed by atoms with Crippen molar-refractivity contribution >= 4 is 23.2 Å². The highest BCUT2D eigenvalue weighted by atomic mass is 35.5. The molecule has 0 bridgehead atoms. The first kappa shape index (κ1) is 14.7. The number of rotatable bonds is 7. The summed E-state index contributed by atoms with van der Waals surface area (Å²) in [7, 11) is 0. The van der Waals surface area contributed by atoms with E-state index in [4.69, 9.17) is 22.4 Å². The van der Waals surface area contributed by atoms with E-state index in [9.17, 15) is 4.79 Å². The summed E-state index contributed by atoms with van der Waals surface area (Å²) in [5, 5.41) is 11.5. The third-order valence-corrected chi connectivity index (χ3v) is 2.78. The summed E-state index contributed by atoms with van der Waals surface area (Å²) >= 11 is 5.82. The third-order valence-electron chi connectivity index (χ3n) is 2.48. The Bertz CT molecular complexity index is 399. The fraction of sp³-hybridized carbons (Fsp3) is 0.500. The van der Waals surface area contributed by atoms with Crippen LogP contribution in [-0.4, -0.2) is 29.1 Å². The normalized spacial score (nSPS) is 10.3. The van der Waals surface area contributed by atoms with Crippen LogP contribution in [0.3, 0.4) is 0 Å². The van der Waals surface area contributed by atoms with Gasteiger partial charge in [-0.3, -0.25) is 4.79 Å². The van der Waals surface area contributed by atoms with Crippen molar-refractivity contribution in [2.45, 2.75) is 25.7 Å². The minimum absolute atomic E-state index is 0.155. The summed E-state index contributed by atoms with van der Waals surface area (Å²) < 4.78 is 0. The van der Waals surface area contributed by atoms with E-state index in [1.54, 1.807) is 0 Å². The lowest BCUT2D eigenvalue weighted by Gasteiger charge is -2.06. The number of aliphatic hydroxyl groups is 1. The van der Waals surface area contributed by atoms with Crippen molar-refractivity contribution in [2.75, 3.05) is 18.9 Å². The number of anilines is 1. The Morgan fingerprint density at radius 1 is 1.39 bits per heavy atom. The molecule has 18 heavy (non-hydrogen) atoms. The Balaban J connectivity index is 2.34. The summed E-state index contributed by atoms with van der Waals surface area (Å²) in [5.41, 5.74) is 6.26. The van der Waals surface area contributed by atoms with Crippen LogP contribution in [0.5, 0.6) is 0 Å². The second kappa shape index (κ2) is 7.89. The zero-order valence-electron chi connectivity index (χ0n) is 10.2. The molecule has 1 amide bonds. The fourth-order valence-electron chi connectivity index (χ4n) is 1.51. The van der Waals surface area contributed by atoms with Crippen LogP contribution in [0.15, 0.2) is 12.3 Å². The van der Waals surface area contributed by atoms with Crippen LogP contribution in [0.1, 0.15) is 36.0 Å². The van der Waals surface area contributed by atoms with Gasteiger partial charge in [0.05, 0.1) is 17.4 Å². The lowest BCUT2D eigenvalue weighted by atomic mass is 10.2. The van der Waals surface area contributed by atoms with E-state index in [1.165, 1.54) is 12.3 Å². The zero-order valence-corrected chi connectivity index (χ0v) is 10.9. The van der Waals surface area contributed by atoms with Crippen molar-refractivity contribution in [1.82, 2.24) is 10.3 Å². The Kier molecular flexibility index (Phi) is 6.46. The number of hydrogen-bond acceptors (Lipinski definition) is 4. The van der Waals surface area contributed by atoms with Gasteiger partial charge in [-0.25, -0.2) is 4.98 Å². The van der Waals surface area contributed by atoms with Gasteiger partial charge in [-0.15, -0.1) is 0 Å². The number of amides is 1. The van der Waals surface area contributed by atoms with E-state index in [-0.39, 0.29) is 17.7 Å². The molecular weight excluding hydrogens is 254 g/mol. The maximum atomic E-state index is 11.8. The predicted molar refractivity (Wildman–Crippen MR) is 71.5 cm³/mol. The van der Waals surface area contributed by atoms with Gasteiger partial charge >= 0.3 is 0 Å². The molecule has 5 nitrogen and oxygen atoms in total. The Labute approximate surface area is 111 Å². The molecule has 1 aromatic heterocycles. The van der Waals surface area contributed by atoms with Crippen LogP contribution in [0, 0.1) is 0 Å². The number of pyridine rings is 1. The quantitative estimate of drug-likeness (QED) is 0.519. The van der Waals surface area contributed by atoms with Gasteiger partial charge in [-0.2, -0.15) is 0 Å². The van der Waals surface area contributed by atoms with Crippen LogP contribution in [-0.2, 0) is 0 Å². The molecule has 0 saturated carbocycles. The summed E-state index contributed by atoms with van der Waals surface area (Å²) in [5.74, 6) is -0.262. The van der Waals surface area contributed by atoms with Crippen LogP contribution in [0.25, 0.3) is 0 Å². The van der Waals surface area contributed by atoms with Crippen molar-refractivity contribution in [1.29, 1.82) is 0 Å². The molecular formula is C12H18ClN3O2. The Hall–Kier alpha value is -1.33. The molecule has 1 rings (SSSR count). The van der Waals surface area contributed by atoms with E-state index >= 15 is 0 Å². The Morgan fingerprint density at radius 2 is 2.11 bits per heavy atom. The monoisotopic (exact) mass is 271 g/mol. The molecule has 0 spiro atoms. The van der Waals surface area contributed by atoms with Gasteiger partial charge in [-0.05, 0) is 18.9 Å². The number of hydrogen-bond donors (Lipinski definition) is 3. The third kappa shape index (κ3) is 4.89. The first-order valence-electron chi connectivity index (χ1n) is 5.95. The number of halogens is 1. The molecule has 0 atom stereocenters. The largest absolute Gasteiger partial charge is 0.397 e. The predicted octanol–water partition coefficient (Wildman–Crippen LogP) is 1.60. The second-order valence-corrected chi connectivity index (χ2v) is 4.36. The smallest absolute Gasteiger partial charge is 0.254 e. The van der Waals surface area contributed by atoms with Gasteiger partial charge in [0, 0.05) is 13.2 Å². The number of aromatic nitrogens is 1. The number of carbonyl (C=O) groups is 1. The molecule has 6 heteroatoms. The number of unbranched alkanes of at least 4 members (excludes halogenated alkanes) is 3. The van der Waals surface area contributed by atoms with Crippen LogP contribution >= 0.6 is 11.6 Å². The molecule has 0 radical (unpaired) electrons. The van der Waals surface area contributed by atoms with Gasteiger partial charge in [-0.1, -0.05) is 24.4 Å². The molecule has 0 aromatic carbocycles. The number of carbonyl (C=O) groups excluding carboxylic acids is 1. The number of nitrogens with one attached hydrogen (secondary N) is 1. The molecule has 0 aliphatic heterocycles. The topological polar surface area (TPSA) is 88.2 Å². The minimum Gasteiger partial charge on any atom is -0.397 e. The average molecular weight is 272 g/mol. The molecule has 0 saturated heterocycles. The molecule has 0 fully saturated rings. The summed E-state index contributed by atoms with van der Waals surface area (Å²) in [6.45, 7) is 0.798. The highest BCUT2D eigenvalue weighted by molar-refractivity contribution is 6.32.